The molecule has 0 bridgehead atoms. The lowest BCUT2D eigenvalue weighted by molar-refractivity contribution is 0.0809. The molecule has 3 heterocycles. The van der Waals surface area contributed by atoms with E-state index in [4.69, 9.17) is 0 Å². The average Bonchev–Trinajstić information content (AvgIpc) is 3.24. The fraction of sp³-hybridized carbons (Fsp3) is 0.267. The first-order valence-electron chi connectivity index (χ1n) is 7.43. The zero-order valence-corrected chi connectivity index (χ0v) is 12.3. The van der Waals surface area contributed by atoms with Crippen LogP contribution in [0.4, 0.5) is 0 Å². The van der Waals surface area contributed by atoms with Crippen molar-refractivity contribution in [2.45, 2.75) is 24.8 Å². The van der Waals surface area contributed by atoms with Crippen LogP contribution in [0.15, 0.2) is 42.9 Å². The Kier molecular flexibility index (Phi) is 3.14. The van der Waals surface area contributed by atoms with Gasteiger partial charge >= 0.3 is 0 Å². The number of hydrogen-bond donors (Lipinski definition) is 2. The third kappa shape index (κ3) is 2.37. The van der Waals surface area contributed by atoms with Crippen molar-refractivity contribution < 1.29 is 4.79 Å². The zero-order chi connectivity index (χ0) is 15.7. The summed E-state index contributed by atoms with van der Waals surface area (Å²) in [6.07, 6.45) is 8.04. The van der Waals surface area contributed by atoms with E-state index >= 15 is 0 Å². The van der Waals surface area contributed by atoms with E-state index in [2.05, 4.69) is 30.9 Å². The van der Waals surface area contributed by atoms with E-state index in [1.165, 1.54) is 0 Å². The van der Waals surface area contributed by atoms with E-state index in [1.807, 2.05) is 35.2 Å². The van der Waals surface area contributed by atoms with Crippen LogP contribution in [0.2, 0.25) is 0 Å². The number of nitrogens with zero attached hydrogens (tertiary/aromatic N) is 5. The largest absolute Gasteiger partial charge is 0.339 e. The van der Waals surface area contributed by atoms with Crippen molar-refractivity contribution in [3.8, 4) is 5.82 Å². The molecule has 0 aromatic carbocycles. The molecule has 116 valence electrons. The summed E-state index contributed by atoms with van der Waals surface area (Å²) in [5, 5.41) is 17.1. The number of hydrogen-bond acceptors (Lipinski definition) is 5. The summed E-state index contributed by atoms with van der Waals surface area (Å²) < 4.78 is 1.88. The number of carbonyl (C=O) groups excluding carboxylic acids is 1. The maximum absolute atomic E-state index is 12.5. The first-order valence-corrected chi connectivity index (χ1v) is 7.43. The summed E-state index contributed by atoms with van der Waals surface area (Å²) >= 11 is 0. The maximum atomic E-state index is 12.5. The monoisotopic (exact) mass is 309 g/mol. The van der Waals surface area contributed by atoms with Crippen molar-refractivity contribution in [2.75, 3.05) is 0 Å². The summed E-state index contributed by atoms with van der Waals surface area (Å²) in [6.45, 7) is 0. The lowest BCUT2D eigenvalue weighted by Crippen LogP contribution is -2.51. The van der Waals surface area contributed by atoms with Crippen molar-refractivity contribution in [3.63, 3.8) is 0 Å². The van der Waals surface area contributed by atoms with Crippen LogP contribution >= 0.6 is 0 Å². The van der Waals surface area contributed by atoms with Gasteiger partial charge in [-0.15, -0.1) is 10.2 Å². The molecule has 3 aromatic heterocycles. The predicted molar refractivity (Wildman–Crippen MR) is 80.7 cm³/mol. The number of aromatic amines is 1. The molecule has 0 unspecified atom stereocenters. The van der Waals surface area contributed by atoms with Gasteiger partial charge in [0.15, 0.2) is 5.82 Å². The SMILES string of the molecule is O=C(NC1(c2nn[nH]n2)CCC1)c1ccc(-n2cccc2)nc1. The van der Waals surface area contributed by atoms with Crippen LogP contribution in [0.3, 0.4) is 0 Å². The number of H-pyrrole nitrogens is 1. The number of nitrogens with one attached hydrogen (secondary N) is 2. The van der Waals surface area contributed by atoms with E-state index in [1.54, 1.807) is 12.3 Å². The summed E-state index contributed by atoms with van der Waals surface area (Å²) in [5.41, 5.74) is -0.000846. The van der Waals surface area contributed by atoms with Crippen molar-refractivity contribution in [3.05, 3.63) is 54.2 Å². The molecule has 0 aliphatic heterocycles. The Labute approximate surface area is 131 Å². The van der Waals surface area contributed by atoms with Crippen molar-refractivity contribution >= 4 is 5.91 Å². The molecular weight excluding hydrogens is 294 g/mol. The highest BCUT2D eigenvalue weighted by Gasteiger charge is 2.43. The average molecular weight is 309 g/mol. The minimum absolute atomic E-state index is 0.180. The quantitative estimate of drug-likeness (QED) is 0.754. The first-order chi connectivity index (χ1) is 11.3. The molecular formula is C15H15N7O. The molecule has 1 fully saturated rings. The Morgan fingerprint density at radius 1 is 1.26 bits per heavy atom. The standard InChI is InChI=1S/C15H15N7O/c23-13(17-15(6-3-7-15)14-18-20-21-19-14)11-4-5-12(16-10-11)22-8-1-2-9-22/h1-2,4-5,8-10H,3,6-7H2,(H,17,23)(H,18,19,20,21). The van der Waals surface area contributed by atoms with Crippen LogP contribution in [-0.4, -0.2) is 36.1 Å². The highest BCUT2D eigenvalue weighted by Crippen LogP contribution is 2.39. The van der Waals surface area contributed by atoms with Crippen LogP contribution in [0.5, 0.6) is 0 Å². The molecule has 23 heavy (non-hydrogen) atoms. The van der Waals surface area contributed by atoms with Gasteiger partial charge in [-0.2, -0.15) is 5.21 Å². The number of rotatable bonds is 4. The fourth-order valence-corrected chi connectivity index (χ4v) is 2.75. The smallest absolute Gasteiger partial charge is 0.253 e. The maximum Gasteiger partial charge on any atom is 0.253 e. The Balaban J connectivity index is 1.53. The van der Waals surface area contributed by atoms with Gasteiger partial charge in [0.1, 0.15) is 11.4 Å². The molecule has 0 radical (unpaired) electrons. The number of amides is 1. The van der Waals surface area contributed by atoms with E-state index in [0.29, 0.717) is 11.4 Å². The van der Waals surface area contributed by atoms with Crippen LogP contribution in [0.25, 0.3) is 5.82 Å². The molecule has 1 aliphatic rings. The van der Waals surface area contributed by atoms with E-state index in [9.17, 15) is 4.79 Å². The number of tetrazole rings is 1. The van der Waals surface area contributed by atoms with Gasteiger partial charge in [0.05, 0.1) is 5.56 Å². The van der Waals surface area contributed by atoms with Gasteiger partial charge in [-0.1, -0.05) is 5.21 Å². The molecule has 1 saturated carbocycles. The fourth-order valence-electron chi connectivity index (χ4n) is 2.75. The normalized spacial score (nSPS) is 15.8. The Bertz CT molecular complexity index is 789. The summed E-state index contributed by atoms with van der Waals surface area (Å²) in [7, 11) is 0. The molecule has 4 rings (SSSR count). The van der Waals surface area contributed by atoms with Crippen LogP contribution in [0.1, 0.15) is 35.4 Å². The second-order valence-electron chi connectivity index (χ2n) is 5.62. The van der Waals surface area contributed by atoms with Gasteiger partial charge in [-0.05, 0) is 43.5 Å². The van der Waals surface area contributed by atoms with Gasteiger partial charge in [-0.3, -0.25) is 4.79 Å². The van der Waals surface area contributed by atoms with E-state index in [-0.39, 0.29) is 5.91 Å². The summed E-state index contributed by atoms with van der Waals surface area (Å²) in [4.78, 5) is 16.8. The molecule has 3 aromatic rings. The third-order valence-corrected chi connectivity index (χ3v) is 4.21. The van der Waals surface area contributed by atoms with Gasteiger partial charge in [-0.25, -0.2) is 4.98 Å². The number of aromatic nitrogens is 6. The Morgan fingerprint density at radius 3 is 2.65 bits per heavy atom. The van der Waals surface area contributed by atoms with Gasteiger partial charge in [0.2, 0.25) is 0 Å². The number of pyridine rings is 1. The topological polar surface area (TPSA) is 101 Å². The van der Waals surface area contributed by atoms with Crippen molar-refractivity contribution in [1.29, 1.82) is 0 Å². The van der Waals surface area contributed by atoms with Crippen LogP contribution in [0, 0.1) is 0 Å². The van der Waals surface area contributed by atoms with Crippen molar-refractivity contribution in [1.82, 2.24) is 35.5 Å². The molecule has 8 heteroatoms. The number of carbonyl (C=O) groups is 1. The highest BCUT2D eigenvalue weighted by molar-refractivity contribution is 5.94. The molecule has 0 atom stereocenters. The molecule has 0 saturated heterocycles. The summed E-state index contributed by atoms with van der Waals surface area (Å²) in [5.74, 6) is 1.12. The minimum atomic E-state index is -0.511. The highest BCUT2D eigenvalue weighted by atomic mass is 16.1. The Hall–Kier alpha value is -3.03. The molecule has 2 N–H and O–H groups in total. The predicted octanol–water partition coefficient (Wildman–Crippen LogP) is 1.19. The van der Waals surface area contributed by atoms with E-state index < -0.39 is 5.54 Å². The second-order valence-corrected chi connectivity index (χ2v) is 5.62. The molecule has 1 aliphatic carbocycles. The van der Waals surface area contributed by atoms with Gasteiger partial charge in [0.25, 0.3) is 5.91 Å². The zero-order valence-electron chi connectivity index (χ0n) is 12.3. The molecule has 8 nitrogen and oxygen atoms in total. The molecule has 1 amide bonds. The summed E-state index contributed by atoms with van der Waals surface area (Å²) in [6, 6.07) is 7.43. The minimum Gasteiger partial charge on any atom is -0.339 e. The van der Waals surface area contributed by atoms with Crippen LogP contribution < -0.4 is 5.32 Å². The third-order valence-electron chi connectivity index (χ3n) is 4.21. The molecule has 0 spiro atoms. The van der Waals surface area contributed by atoms with Crippen LogP contribution in [-0.2, 0) is 5.54 Å². The second kappa shape index (κ2) is 5.31. The lowest BCUT2D eigenvalue weighted by Gasteiger charge is -2.39. The Morgan fingerprint density at radius 2 is 2.09 bits per heavy atom. The van der Waals surface area contributed by atoms with Crippen molar-refractivity contribution in [2.24, 2.45) is 0 Å². The van der Waals surface area contributed by atoms with Gasteiger partial charge in [0, 0.05) is 18.6 Å². The first kappa shape index (κ1) is 13.6. The van der Waals surface area contributed by atoms with E-state index in [0.717, 1.165) is 25.1 Å². The van der Waals surface area contributed by atoms with Gasteiger partial charge < -0.3 is 9.88 Å². The lowest BCUT2D eigenvalue weighted by atomic mass is 9.76.